The molecule has 5 nitrogen and oxygen atoms in total. The van der Waals surface area contributed by atoms with Crippen LogP contribution in [0.4, 0.5) is 5.82 Å². The van der Waals surface area contributed by atoms with Gasteiger partial charge in [0.15, 0.2) is 0 Å². The zero-order valence-electron chi connectivity index (χ0n) is 16.0. The highest BCUT2D eigenvalue weighted by Gasteiger charge is 2.28. The molecule has 0 atom stereocenters. The molecule has 1 saturated heterocycles. The Morgan fingerprint density at radius 3 is 2.52 bits per heavy atom. The predicted octanol–water partition coefficient (Wildman–Crippen LogP) is 3.97. The summed E-state index contributed by atoms with van der Waals surface area (Å²) in [6.45, 7) is 3.66. The highest BCUT2D eigenvalue weighted by Crippen LogP contribution is 2.37. The third-order valence-electron chi connectivity index (χ3n) is 5.13. The van der Waals surface area contributed by atoms with Gasteiger partial charge in [0.2, 0.25) is 5.91 Å². The first-order valence-corrected chi connectivity index (χ1v) is 10.1. The van der Waals surface area contributed by atoms with E-state index in [1.165, 1.54) is 10.4 Å². The SMILES string of the molecule is Cc1nc(N2CCC(C(=O)N(C)C)CC2)c2cc(-c3ccccc3)sc2n1. The third-order valence-corrected chi connectivity index (χ3v) is 6.21. The second-order valence-corrected chi connectivity index (χ2v) is 8.31. The Kier molecular flexibility index (Phi) is 4.83. The number of fused-ring (bicyclic) bond motifs is 1. The monoisotopic (exact) mass is 380 g/mol. The molecule has 3 heterocycles. The van der Waals surface area contributed by atoms with Gasteiger partial charge in [-0.3, -0.25) is 4.79 Å². The Morgan fingerprint density at radius 2 is 1.85 bits per heavy atom. The Labute approximate surface area is 163 Å². The predicted molar refractivity (Wildman–Crippen MR) is 111 cm³/mol. The van der Waals surface area contributed by atoms with E-state index in [1.807, 2.05) is 27.1 Å². The van der Waals surface area contributed by atoms with Crippen molar-refractivity contribution in [2.75, 3.05) is 32.1 Å². The molecule has 140 valence electrons. The van der Waals surface area contributed by atoms with Crippen LogP contribution in [0, 0.1) is 12.8 Å². The number of hydrogen-bond donors (Lipinski definition) is 0. The van der Waals surface area contributed by atoms with E-state index in [-0.39, 0.29) is 11.8 Å². The molecule has 3 aromatic rings. The molecule has 0 spiro atoms. The first-order valence-electron chi connectivity index (χ1n) is 9.32. The number of hydrogen-bond acceptors (Lipinski definition) is 5. The highest BCUT2D eigenvalue weighted by molar-refractivity contribution is 7.21. The lowest BCUT2D eigenvalue weighted by Gasteiger charge is -2.33. The maximum absolute atomic E-state index is 12.3. The summed E-state index contributed by atoms with van der Waals surface area (Å²) in [5.74, 6) is 2.16. The lowest BCUT2D eigenvalue weighted by atomic mass is 9.95. The first-order chi connectivity index (χ1) is 13.0. The fourth-order valence-corrected chi connectivity index (χ4v) is 4.78. The summed E-state index contributed by atoms with van der Waals surface area (Å²) in [5, 5.41) is 1.11. The van der Waals surface area contributed by atoms with E-state index < -0.39 is 0 Å². The summed E-state index contributed by atoms with van der Waals surface area (Å²) >= 11 is 1.71. The second-order valence-electron chi connectivity index (χ2n) is 7.28. The van der Waals surface area contributed by atoms with Gasteiger partial charge in [-0.25, -0.2) is 9.97 Å². The minimum Gasteiger partial charge on any atom is -0.356 e. The average Bonchev–Trinajstić information content (AvgIpc) is 3.11. The molecule has 27 heavy (non-hydrogen) atoms. The van der Waals surface area contributed by atoms with Gasteiger partial charge in [0, 0.05) is 38.0 Å². The summed E-state index contributed by atoms with van der Waals surface area (Å²) in [7, 11) is 3.67. The molecule has 1 aliphatic heterocycles. The van der Waals surface area contributed by atoms with Crippen molar-refractivity contribution in [2.45, 2.75) is 19.8 Å². The van der Waals surface area contributed by atoms with Crippen LogP contribution < -0.4 is 4.90 Å². The van der Waals surface area contributed by atoms with Crippen molar-refractivity contribution in [3.63, 3.8) is 0 Å². The van der Waals surface area contributed by atoms with E-state index in [1.54, 1.807) is 16.2 Å². The topological polar surface area (TPSA) is 49.3 Å². The normalized spacial score (nSPS) is 15.3. The van der Waals surface area contributed by atoms with E-state index in [2.05, 4.69) is 40.2 Å². The zero-order chi connectivity index (χ0) is 19.0. The van der Waals surface area contributed by atoms with Gasteiger partial charge in [-0.15, -0.1) is 11.3 Å². The Morgan fingerprint density at radius 1 is 1.15 bits per heavy atom. The summed E-state index contributed by atoms with van der Waals surface area (Å²) in [5.41, 5.74) is 1.21. The molecule has 1 aliphatic rings. The lowest BCUT2D eigenvalue weighted by molar-refractivity contribution is -0.133. The van der Waals surface area contributed by atoms with E-state index in [0.717, 1.165) is 47.8 Å². The largest absolute Gasteiger partial charge is 0.356 e. The number of carbonyl (C=O) groups excluding carboxylic acids is 1. The standard InChI is InChI=1S/C21H24N4OS/c1-14-22-19(25-11-9-16(10-12-25)21(26)24(2)3)17-13-18(27-20(17)23-14)15-7-5-4-6-8-15/h4-8,13,16H,9-12H2,1-3H3. The molecular formula is C21H24N4OS. The van der Waals surface area contributed by atoms with Gasteiger partial charge < -0.3 is 9.80 Å². The van der Waals surface area contributed by atoms with Crippen LogP contribution in [0.5, 0.6) is 0 Å². The fourth-order valence-electron chi connectivity index (χ4n) is 3.70. The maximum atomic E-state index is 12.3. The van der Waals surface area contributed by atoms with Crippen LogP contribution >= 0.6 is 11.3 Å². The molecule has 0 bridgehead atoms. The number of aryl methyl sites for hydroxylation is 1. The number of aromatic nitrogens is 2. The van der Waals surface area contributed by atoms with E-state index >= 15 is 0 Å². The van der Waals surface area contributed by atoms with Crippen LogP contribution in [0.15, 0.2) is 36.4 Å². The van der Waals surface area contributed by atoms with Crippen LogP contribution in [-0.2, 0) is 4.79 Å². The first kappa shape index (κ1) is 17.9. The third kappa shape index (κ3) is 3.54. The van der Waals surface area contributed by atoms with Gasteiger partial charge in [0.05, 0.1) is 5.39 Å². The van der Waals surface area contributed by atoms with Crippen LogP contribution in [0.2, 0.25) is 0 Å². The molecule has 0 unspecified atom stereocenters. The second kappa shape index (κ2) is 7.27. The van der Waals surface area contributed by atoms with E-state index in [9.17, 15) is 4.79 Å². The van der Waals surface area contributed by atoms with Crippen LogP contribution in [-0.4, -0.2) is 48.0 Å². The van der Waals surface area contributed by atoms with Gasteiger partial charge >= 0.3 is 0 Å². The quantitative estimate of drug-likeness (QED) is 0.690. The van der Waals surface area contributed by atoms with Gasteiger partial charge in [0.1, 0.15) is 16.5 Å². The average molecular weight is 381 g/mol. The summed E-state index contributed by atoms with van der Waals surface area (Å²) < 4.78 is 0. The Bertz CT molecular complexity index is 959. The molecule has 6 heteroatoms. The number of rotatable bonds is 3. The molecular weight excluding hydrogens is 356 g/mol. The van der Waals surface area contributed by atoms with Crippen molar-refractivity contribution >= 4 is 33.3 Å². The Hall–Kier alpha value is -2.47. The number of carbonyl (C=O) groups is 1. The summed E-state index contributed by atoms with van der Waals surface area (Å²) in [6.07, 6.45) is 1.74. The van der Waals surface area contributed by atoms with Gasteiger partial charge in [-0.1, -0.05) is 30.3 Å². The number of benzene rings is 1. The van der Waals surface area contributed by atoms with E-state index in [4.69, 9.17) is 4.98 Å². The molecule has 0 aliphatic carbocycles. The van der Waals surface area contributed by atoms with Gasteiger partial charge in [-0.2, -0.15) is 0 Å². The van der Waals surface area contributed by atoms with Crippen molar-refractivity contribution in [1.29, 1.82) is 0 Å². The molecule has 0 N–H and O–H groups in total. The van der Waals surface area contributed by atoms with E-state index in [0.29, 0.717) is 0 Å². The number of nitrogens with zero attached hydrogens (tertiary/aromatic N) is 4. The number of anilines is 1. The smallest absolute Gasteiger partial charge is 0.225 e. The van der Waals surface area contributed by atoms with Crippen LogP contribution in [0.3, 0.4) is 0 Å². The number of amides is 1. The Balaban J connectivity index is 1.64. The molecule has 0 radical (unpaired) electrons. The molecule has 2 aromatic heterocycles. The number of piperidine rings is 1. The van der Waals surface area contributed by atoms with Crippen molar-refractivity contribution in [3.8, 4) is 10.4 Å². The molecule has 1 fully saturated rings. The van der Waals surface area contributed by atoms with Crippen molar-refractivity contribution in [3.05, 3.63) is 42.2 Å². The fraction of sp³-hybridized carbons (Fsp3) is 0.381. The minimum atomic E-state index is 0.122. The van der Waals surface area contributed by atoms with Gasteiger partial charge in [0.25, 0.3) is 0 Å². The highest BCUT2D eigenvalue weighted by atomic mass is 32.1. The molecule has 1 aromatic carbocycles. The van der Waals surface area contributed by atoms with Gasteiger partial charge in [-0.05, 0) is 31.4 Å². The molecule has 4 rings (SSSR count). The summed E-state index contributed by atoms with van der Waals surface area (Å²) in [4.78, 5) is 27.9. The van der Waals surface area contributed by atoms with Crippen LogP contribution in [0.25, 0.3) is 20.7 Å². The maximum Gasteiger partial charge on any atom is 0.225 e. The summed E-state index contributed by atoms with van der Waals surface area (Å²) in [6, 6.07) is 12.6. The molecule has 0 saturated carbocycles. The number of thiophene rings is 1. The zero-order valence-corrected chi connectivity index (χ0v) is 16.8. The van der Waals surface area contributed by atoms with Crippen molar-refractivity contribution in [2.24, 2.45) is 5.92 Å². The minimum absolute atomic E-state index is 0.122. The molecule has 1 amide bonds. The van der Waals surface area contributed by atoms with Crippen molar-refractivity contribution < 1.29 is 4.79 Å². The lowest BCUT2D eigenvalue weighted by Crippen LogP contribution is -2.40. The van der Waals surface area contributed by atoms with Crippen molar-refractivity contribution in [1.82, 2.24) is 14.9 Å². The van der Waals surface area contributed by atoms with Crippen LogP contribution in [0.1, 0.15) is 18.7 Å².